The topological polar surface area (TPSA) is 81.8 Å². The van der Waals surface area contributed by atoms with Crippen LogP contribution >= 0.6 is 0 Å². The number of aromatic nitrogens is 4. The third kappa shape index (κ3) is 3.05. The van der Waals surface area contributed by atoms with Crippen LogP contribution in [0.1, 0.15) is 25.3 Å². The van der Waals surface area contributed by atoms with Crippen molar-refractivity contribution in [3.8, 4) is 0 Å². The van der Waals surface area contributed by atoms with Crippen LogP contribution in [0.3, 0.4) is 0 Å². The number of amides is 1. The molecule has 2 aromatic heterocycles. The fourth-order valence-corrected chi connectivity index (χ4v) is 2.49. The number of nitrogens with one attached hydrogen (secondary N) is 1. The molecule has 0 aliphatic carbocycles. The smallest absolute Gasteiger partial charge is 0.264 e. The van der Waals surface area contributed by atoms with Gasteiger partial charge in [0.15, 0.2) is 5.65 Å². The largest absolute Gasteiger partial charge is 0.325 e. The Bertz CT molecular complexity index is 938. The van der Waals surface area contributed by atoms with Crippen molar-refractivity contribution in [1.82, 2.24) is 19.3 Å². The number of anilines is 1. The van der Waals surface area contributed by atoms with Crippen molar-refractivity contribution in [1.29, 1.82) is 0 Å². The average Bonchev–Trinajstić information content (AvgIpc) is 2.92. The Hall–Kier alpha value is -2.96. The quantitative estimate of drug-likeness (QED) is 0.794. The first kappa shape index (κ1) is 15.9. The molecule has 124 valence electrons. The van der Waals surface area contributed by atoms with Crippen LogP contribution in [-0.2, 0) is 18.4 Å². The lowest BCUT2D eigenvalue weighted by atomic mass is 10.0. The van der Waals surface area contributed by atoms with Gasteiger partial charge in [-0.05, 0) is 23.6 Å². The van der Waals surface area contributed by atoms with Crippen molar-refractivity contribution in [3.63, 3.8) is 0 Å². The summed E-state index contributed by atoms with van der Waals surface area (Å²) in [6.07, 6.45) is 2.83. The maximum atomic E-state index is 12.3. The number of hydrogen-bond acceptors (Lipinski definition) is 4. The summed E-state index contributed by atoms with van der Waals surface area (Å²) in [5.41, 5.74) is 2.13. The summed E-state index contributed by atoms with van der Waals surface area (Å²) < 4.78 is 2.80. The monoisotopic (exact) mass is 325 g/mol. The fraction of sp³-hybridized carbons (Fsp3) is 0.294. The van der Waals surface area contributed by atoms with E-state index in [9.17, 15) is 9.59 Å². The van der Waals surface area contributed by atoms with Crippen LogP contribution in [-0.4, -0.2) is 25.2 Å². The SMILES string of the molecule is CC(C)c1ccc(NC(=O)Cn2cnc3c(cnn3C)c2=O)cc1. The minimum atomic E-state index is -0.279. The van der Waals surface area contributed by atoms with Gasteiger partial charge in [0.05, 0.1) is 6.20 Å². The van der Waals surface area contributed by atoms with Gasteiger partial charge < -0.3 is 5.32 Å². The summed E-state index contributed by atoms with van der Waals surface area (Å²) >= 11 is 0. The van der Waals surface area contributed by atoms with Crippen LogP contribution in [0.2, 0.25) is 0 Å². The highest BCUT2D eigenvalue weighted by molar-refractivity contribution is 5.90. The van der Waals surface area contributed by atoms with Gasteiger partial charge in [-0.2, -0.15) is 5.10 Å². The Kier molecular flexibility index (Phi) is 4.16. The van der Waals surface area contributed by atoms with E-state index < -0.39 is 0 Å². The van der Waals surface area contributed by atoms with Crippen LogP contribution in [0.25, 0.3) is 11.0 Å². The molecule has 3 rings (SSSR count). The minimum Gasteiger partial charge on any atom is -0.325 e. The second-order valence-electron chi connectivity index (χ2n) is 6.01. The Balaban J connectivity index is 1.75. The van der Waals surface area contributed by atoms with E-state index in [4.69, 9.17) is 0 Å². The first-order chi connectivity index (χ1) is 11.5. The predicted octanol–water partition coefficient (Wildman–Crippen LogP) is 1.89. The number of aryl methyl sites for hydroxylation is 1. The highest BCUT2D eigenvalue weighted by Gasteiger charge is 2.11. The molecule has 1 N–H and O–H groups in total. The second-order valence-corrected chi connectivity index (χ2v) is 6.01. The van der Waals surface area contributed by atoms with Gasteiger partial charge in [0, 0.05) is 12.7 Å². The van der Waals surface area contributed by atoms with Gasteiger partial charge in [-0.25, -0.2) is 4.98 Å². The zero-order valence-corrected chi connectivity index (χ0v) is 13.9. The highest BCUT2D eigenvalue weighted by atomic mass is 16.2. The van der Waals surface area contributed by atoms with E-state index in [2.05, 4.69) is 29.2 Å². The van der Waals surface area contributed by atoms with E-state index >= 15 is 0 Å². The maximum Gasteiger partial charge on any atom is 0.264 e. The Labute approximate surface area is 138 Å². The zero-order chi connectivity index (χ0) is 17.3. The molecular formula is C17H19N5O2. The van der Waals surface area contributed by atoms with Gasteiger partial charge in [-0.3, -0.25) is 18.8 Å². The van der Waals surface area contributed by atoms with E-state index in [1.165, 1.54) is 27.3 Å². The van der Waals surface area contributed by atoms with E-state index in [0.29, 0.717) is 22.6 Å². The highest BCUT2D eigenvalue weighted by Crippen LogP contribution is 2.17. The molecule has 0 fully saturated rings. The number of carbonyl (C=O) groups is 1. The molecule has 24 heavy (non-hydrogen) atoms. The molecule has 0 radical (unpaired) electrons. The molecule has 0 aliphatic heterocycles. The molecule has 7 nitrogen and oxygen atoms in total. The van der Waals surface area contributed by atoms with Gasteiger partial charge in [0.25, 0.3) is 5.56 Å². The van der Waals surface area contributed by atoms with Gasteiger partial charge in [0.1, 0.15) is 18.3 Å². The number of rotatable bonds is 4. The van der Waals surface area contributed by atoms with Crippen molar-refractivity contribution < 1.29 is 4.79 Å². The van der Waals surface area contributed by atoms with Crippen LogP contribution < -0.4 is 10.9 Å². The third-order valence-electron chi connectivity index (χ3n) is 3.89. The molecule has 2 heterocycles. The predicted molar refractivity (Wildman–Crippen MR) is 91.9 cm³/mol. The molecule has 0 aliphatic rings. The van der Waals surface area contributed by atoms with Crippen LogP contribution in [0.5, 0.6) is 0 Å². The van der Waals surface area contributed by atoms with Crippen molar-refractivity contribution in [2.45, 2.75) is 26.3 Å². The van der Waals surface area contributed by atoms with Crippen LogP contribution in [0.4, 0.5) is 5.69 Å². The Morgan fingerprint density at radius 3 is 2.62 bits per heavy atom. The zero-order valence-electron chi connectivity index (χ0n) is 13.9. The molecule has 0 bridgehead atoms. The van der Waals surface area contributed by atoms with Gasteiger partial charge in [0.2, 0.25) is 5.91 Å². The van der Waals surface area contributed by atoms with E-state index in [0.717, 1.165) is 0 Å². The number of carbonyl (C=O) groups excluding carboxylic acids is 1. The molecular weight excluding hydrogens is 306 g/mol. The van der Waals surface area contributed by atoms with Crippen LogP contribution in [0, 0.1) is 0 Å². The summed E-state index contributed by atoms with van der Waals surface area (Å²) in [7, 11) is 1.71. The first-order valence-electron chi connectivity index (χ1n) is 7.72. The van der Waals surface area contributed by atoms with E-state index in [1.807, 2.05) is 24.3 Å². The van der Waals surface area contributed by atoms with Gasteiger partial charge in [-0.15, -0.1) is 0 Å². The number of nitrogens with zero attached hydrogens (tertiary/aromatic N) is 4. The van der Waals surface area contributed by atoms with Crippen molar-refractivity contribution in [2.24, 2.45) is 7.05 Å². The number of fused-ring (bicyclic) bond motifs is 1. The Morgan fingerprint density at radius 2 is 1.96 bits per heavy atom. The average molecular weight is 325 g/mol. The summed E-state index contributed by atoms with van der Waals surface area (Å²) in [6, 6.07) is 7.68. The number of benzene rings is 1. The van der Waals surface area contributed by atoms with Crippen molar-refractivity contribution in [3.05, 3.63) is 52.7 Å². The molecule has 0 saturated carbocycles. The van der Waals surface area contributed by atoms with Gasteiger partial charge >= 0.3 is 0 Å². The lowest BCUT2D eigenvalue weighted by Gasteiger charge is -2.09. The molecule has 3 aromatic rings. The maximum absolute atomic E-state index is 12.3. The molecule has 1 amide bonds. The second kappa shape index (κ2) is 6.27. The van der Waals surface area contributed by atoms with E-state index in [-0.39, 0.29) is 18.0 Å². The summed E-state index contributed by atoms with van der Waals surface area (Å²) in [5.74, 6) is 0.157. The van der Waals surface area contributed by atoms with E-state index in [1.54, 1.807) is 7.05 Å². The van der Waals surface area contributed by atoms with Gasteiger partial charge in [-0.1, -0.05) is 26.0 Å². The first-order valence-corrected chi connectivity index (χ1v) is 7.72. The summed E-state index contributed by atoms with van der Waals surface area (Å²) in [6.45, 7) is 4.13. The molecule has 7 heteroatoms. The normalized spacial score (nSPS) is 11.2. The Morgan fingerprint density at radius 1 is 1.25 bits per heavy atom. The summed E-state index contributed by atoms with van der Waals surface area (Å²) in [5, 5.41) is 7.19. The standard InChI is InChI=1S/C17H19N5O2/c1-11(2)12-4-6-13(7-5-12)20-15(23)9-22-10-18-16-14(17(22)24)8-19-21(16)3/h4-8,10-11H,9H2,1-3H3,(H,20,23). The summed E-state index contributed by atoms with van der Waals surface area (Å²) in [4.78, 5) is 28.7. The lowest BCUT2D eigenvalue weighted by molar-refractivity contribution is -0.116. The fourth-order valence-electron chi connectivity index (χ4n) is 2.49. The van der Waals surface area contributed by atoms with Crippen LogP contribution in [0.15, 0.2) is 41.6 Å². The molecule has 0 spiro atoms. The molecule has 0 saturated heterocycles. The minimum absolute atomic E-state index is 0.0946. The number of hydrogen-bond donors (Lipinski definition) is 1. The van der Waals surface area contributed by atoms with Crippen molar-refractivity contribution in [2.75, 3.05) is 5.32 Å². The molecule has 0 unspecified atom stereocenters. The van der Waals surface area contributed by atoms with Crippen molar-refractivity contribution >= 4 is 22.6 Å². The molecule has 0 atom stereocenters. The molecule has 1 aromatic carbocycles. The lowest BCUT2D eigenvalue weighted by Crippen LogP contribution is -2.27. The third-order valence-corrected chi connectivity index (χ3v) is 3.89.